The number of nitrogens with zero attached hydrogens (tertiary/aromatic N) is 4. The van der Waals surface area contributed by atoms with Gasteiger partial charge in [0.1, 0.15) is 5.69 Å². The molecule has 0 saturated heterocycles. The van der Waals surface area contributed by atoms with Crippen molar-refractivity contribution in [1.82, 2.24) is 14.8 Å². The van der Waals surface area contributed by atoms with E-state index in [-0.39, 0.29) is 16.3 Å². The van der Waals surface area contributed by atoms with Gasteiger partial charge in [-0.3, -0.25) is 9.78 Å². The highest BCUT2D eigenvalue weighted by atomic mass is 35.5. The maximum absolute atomic E-state index is 12.5. The second kappa shape index (κ2) is 7.47. The SMILES string of the molecule is C=CSC(C)C(=O)N(CC)c1cn(-c2cccnc2)nc1Cl. The average Bonchev–Trinajstić information content (AvgIpc) is 2.91. The molecule has 0 aliphatic carbocycles. The van der Waals surface area contributed by atoms with E-state index in [2.05, 4.69) is 16.7 Å². The summed E-state index contributed by atoms with van der Waals surface area (Å²) in [5.41, 5.74) is 1.38. The smallest absolute Gasteiger partial charge is 0.240 e. The van der Waals surface area contributed by atoms with Crippen LogP contribution in [0.4, 0.5) is 5.69 Å². The molecule has 0 N–H and O–H groups in total. The van der Waals surface area contributed by atoms with Crippen molar-refractivity contribution in [3.8, 4) is 5.69 Å². The summed E-state index contributed by atoms with van der Waals surface area (Å²) in [6.45, 7) is 7.91. The van der Waals surface area contributed by atoms with E-state index in [1.54, 1.807) is 33.6 Å². The number of halogens is 1. The van der Waals surface area contributed by atoms with Gasteiger partial charge in [0.05, 0.1) is 23.3 Å². The molecule has 2 rings (SSSR count). The van der Waals surface area contributed by atoms with Crippen molar-refractivity contribution in [3.05, 3.63) is 47.9 Å². The molecule has 22 heavy (non-hydrogen) atoms. The van der Waals surface area contributed by atoms with E-state index in [1.807, 2.05) is 26.0 Å². The summed E-state index contributed by atoms with van der Waals surface area (Å²) in [4.78, 5) is 18.2. The highest BCUT2D eigenvalue weighted by Crippen LogP contribution is 2.28. The standard InChI is InChI=1S/C15H17ClN4OS/c1-4-19(15(21)11(3)22-5-2)13-10-20(18-14(13)16)12-7-6-8-17-9-12/h5-11H,2,4H2,1,3H3. The van der Waals surface area contributed by atoms with Gasteiger partial charge in [-0.25, -0.2) is 4.68 Å². The maximum Gasteiger partial charge on any atom is 0.240 e. The molecule has 0 aliphatic rings. The quantitative estimate of drug-likeness (QED) is 0.809. The van der Waals surface area contributed by atoms with Gasteiger partial charge < -0.3 is 4.90 Å². The van der Waals surface area contributed by atoms with Crippen LogP contribution in [0.2, 0.25) is 5.15 Å². The summed E-state index contributed by atoms with van der Waals surface area (Å²) in [5, 5.41) is 5.98. The van der Waals surface area contributed by atoms with Crippen LogP contribution >= 0.6 is 23.4 Å². The van der Waals surface area contributed by atoms with Crippen LogP contribution in [0.1, 0.15) is 13.8 Å². The molecule has 0 saturated carbocycles. The number of hydrogen-bond acceptors (Lipinski definition) is 4. The van der Waals surface area contributed by atoms with Crippen molar-refractivity contribution >= 4 is 35.0 Å². The van der Waals surface area contributed by atoms with Gasteiger partial charge >= 0.3 is 0 Å². The van der Waals surface area contributed by atoms with E-state index in [0.29, 0.717) is 12.2 Å². The third-order valence-corrected chi connectivity index (χ3v) is 4.15. The second-order valence-corrected chi connectivity index (χ2v) is 6.16. The third kappa shape index (κ3) is 3.51. The predicted octanol–water partition coefficient (Wildman–Crippen LogP) is 3.54. The Morgan fingerprint density at radius 1 is 1.64 bits per heavy atom. The number of carbonyl (C=O) groups is 1. The lowest BCUT2D eigenvalue weighted by atomic mass is 10.3. The van der Waals surface area contributed by atoms with Crippen LogP contribution in [0, 0.1) is 0 Å². The summed E-state index contributed by atoms with van der Waals surface area (Å²) in [5.74, 6) is -0.0277. The topological polar surface area (TPSA) is 51.0 Å². The number of carbonyl (C=O) groups excluding carboxylic acids is 1. The van der Waals surface area contributed by atoms with Crippen molar-refractivity contribution in [1.29, 1.82) is 0 Å². The van der Waals surface area contributed by atoms with Crippen LogP contribution in [0.5, 0.6) is 0 Å². The lowest BCUT2D eigenvalue weighted by Gasteiger charge is -2.22. The van der Waals surface area contributed by atoms with Gasteiger partial charge in [0.2, 0.25) is 5.91 Å². The molecule has 116 valence electrons. The van der Waals surface area contributed by atoms with E-state index >= 15 is 0 Å². The highest BCUT2D eigenvalue weighted by Gasteiger charge is 2.24. The Labute approximate surface area is 139 Å². The van der Waals surface area contributed by atoms with Crippen LogP contribution in [0.15, 0.2) is 42.7 Å². The first kappa shape index (κ1) is 16.6. The molecular weight excluding hydrogens is 320 g/mol. The molecule has 0 aliphatic heterocycles. The lowest BCUT2D eigenvalue weighted by Crippen LogP contribution is -2.36. The summed E-state index contributed by atoms with van der Waals surface area (Å²) < 4.78 is 1.62. The van der Waals surface area contributed by atoms with Gasteiger partial charge in [-0.1, -0.05) is 18.2 Å². The van der Waals surface area contributed by atoms with E-state index in [1.165, 1.54) is 11.8 Å². The van der Waals surface area contributed by atoms with E-state index < -0.39 is 0 Å². The molecule has 0 radical (unpaired) electrons. The van der Waals surface area contributed by atoms with Gasteiger partial charge in [-0.2, -0.15) is 5.10 Å². The maximum atomic E-state index is 12.5. The first-order chi connectivity index (χ1) is 10.6. The normalized spacial score (nSPS) is 12.0. The molecule has 0 aromatic carbocycles. The fraction of sp³-hybridized carbons (Fsp3) is 0.267. The van der Waals surface area contributed by atoms with Crippen molar-refractivity contribution in [3.63, 3.8) is 0 Å². The molecule has 1 amide bonds. The molecule has 0 fully saturated rings. The minimum Gasteiger partial charge on any atom is -0.308 e. The fourth-order valence-corrected chi connectivity index (χ4v) is 2.78. The van der Waals surface area contributed by atoms with Crippen LogP contribution < -0.4 is 4.90 Å². The molecule has 7 heteroatoms. The molecule has 1 unspecified atom stereocenters. The molecule has 0 spiro atoms. The summed E-state index contributed by atoms with van der Waals surface area (Å²) >= 11 is 7.60. The summed E-state index contributed by atoms with van der Waals surface area (Å²) in [6, 6.07) is 3.69. The molecule has 2 aromatic rings. The van der Waals surface area contributed by atoms with Crippen LogP contribution in [-0.4, -0.2) is 32.5 Å². The van der Waals surface area contributed by atoms with Crippen molar-refractivity contribution in [2.24, 2.45) is 0 Å². The first-order valence-corrected chi connectivity index (χ1v) is 8.13. The van der Waals surface area contributed by atoms with Crippen LogP contribution in [0.25, 0.3) is 5.69 Å². The number of aromatic nitrogens is 3. The second-order valence-electron chi connectivity index (χ2n) is 4.49. The highest BCUT2D eigenvalue weighted by molar-refractivity contribution is 8.03. The monoisotopic (exact) mass is 336 g/mol. The Kier molecular flexibility index (Phi) is 5.63. The Hall–Kier alpha value is -1.79. The number of pyridine rings is 1. The number of rotatable bonds is 6. The first-order valence-electron chi connectivity index (χ1n) is 6.81. The zero-order valence-corrected chi connectivity index (χ0v) is 14.0. The largest absolute Gasteiger partial charge is 0.308 e. The van der Waals surface area contributed by atoms with Crippen molar-refractivity contribution in [2.45, 2.75) is 19.1 Å². The van der Waals surface area contributed by atoms with Crippen LogP contribution in [-0.2, 0) is 4.79 Å². The Morgan fingerprint density at radius 3 is 3.00 bits per heavy atom. The average molecular weight is 337 g/mol. The zero-order valence-electron chi connectivity index (χ0n) is 12.4. The van der Waals surface area contributed by atoms with E-state index in [9.17, 15) is 4.79 Å². The summed E-state index contributed by atoms with van der Waals surface area (Å²) in [7, 11) is 0. The molecular formula is C15H17ClN4OS. The van der Waals surface area contributed by atoms with Crippen molar-refractivity contribution in [2.75, 3.05) is 11.4 Å². The molecule has 1 atom stereocenters. The minimum absolute atomic E-state index is 0.0277. The van der Waals surface area contributed by atoms with E-state index in [0.717, 1.165) is 5.69 Å². The number of anilines is 1. The van der Waals surface area contributed by atoms with Gasteiger partial charge in [0.25, 0.3) is 0 Å². The Morgan fingerprint density at radius 2 is 2.41 bits per heavy atom. The fourth-order valence-electron chi connectivity index (χ4n) is 2.01. The Bertz CT molecular complexity index is 659. The predicted molar refractivity (Wildman–Crippen MR) is 91.6 cm³/mol. The molecule has 2 aromatic heterocycles. The number of amides is 1. The molecule has 5 nitrogen and oxygen atoms in total. The minimum atomic E-state index is -0.227. The van der Waals surface area contributed by atoms with Gasteiger partial charge in [0, 0.05) is 12.7 Å². The number of thioether (sulfide) groups is 1. The Balaban J connectivity index is 2.32. The van der Waals surface area contributed by atoms with Crippen LogP contribution in [0.3, 0.4) is 0 Å². The zero-order chi connectivity index (χ0) is 16.1. The molecule has 0 bridgehead atoms. The van der Waals surface area contributed by atoms with E-state index in [4.69, 9.17) is 11.6 Å². The lowest BCUT2D eigenvalue weighted by molar-refractivity contribution is -0.117. The summed E-state index contributed by atoms with van der Waals surface area (Å²) in [6.07, 6.45) is 5.11. The van der Waals surface area contributed by atoms with Gasteiger partial charge in [-0.15, -0.1) is 11.8 Å². The third-order valence-electron chi connectivity index (χ3n) is 3.08. The van der Waals surface area contributed by atoms with Gasteiger partial charge in [-0.05, 0) is 31.4 Å². The number of hydrogen-bond donors (Lipinski definition) is 0. The van der Waals surface area contributed by atoms with Gasteiger partial charge in [0.15, 0.2) is 5.15 Å². The van der Waals surface area contributed by atoms with Crippen molar-refractivity contribution < 1.29 is 4.79 Å². The molecule has 2 heterocycles.